The van der Waals surface area contributed by atoms with E-state index >= 15 is 0 Å². The minimum Gasteiger partial charge on any atom is -0.342 e. The number of para-hydroxylation sites is 2. The number of carbonyl (C=O) groups is 2. The summed E-state index contributed by atoms with van der Waals surface area (Å²) in [5.74, 6) is -0.795. The number of nitrogens with zero attached hydrogens (tertiary/aromatic N) is 2. The zero-order chi connectivity index (χ0) is 21.4. The Balaban J connectivity index is 1.55. The Labute approximate surface area is 184 Å². The lowest BCUT2D eigenvalue weighted by Crippen LogP contribution is -2.35. The van der Waals surface area contributed by atoms with Gasteiger partial charge in [0.1, 0.15) is 5.57 Å². The highest BCUT2D eigenvalue weighted by Gasteiger charge is 2.34. The fraction of sp³-hybridized carbons (Fsp3) is 0.0400. The number of benzene rings is 3. The molecule has 3 aromatic carbocycles. The Bertz CT molecular complexity index is 1340. The molecule has 2 heterocycles. The van der Waals surface area contributed by atoms with Gasteiger partial charge in [0.2, 0.25) is 0 Å². The third-order valence-electron chi connectivity index (χ3n) is 5.32. The molecule has 1 fully saturated rings. The smallest absolute Gasteiger partial charge is 0.282 e. The van der Waals surface area contributed by atoms with Gasteiger partial charge in [-0.25, -0.2) is 5.01 Å². The van der Waals surface area contributed by atoms with Gasteiger partial charge >= 0.3 is 0 Å². The number of anilines is 1. The first-order valence-electron chi connectivity index (χ1n) is 9.85. The molecule has 1 aliphatic rings. The summed E-state index contributed by atoms with van der Waals surface area (Å²) in [4.78, 5) is 25.5. The summed E-state index contributed by atoms with van der Waals surface area (Å²) in [6.07, 6.45) is 3.61. The Hall–Kier alpha value is -3.83. The van der Waals surface area contributed by atoms with Gasteiger partial charge < -0.3 is 4.57 Å². The van der Waals surface area contributed by atoms with Crippen LogP contribution in [0.25, 0.3) is 17.0 Å². The molecule has 5 rings (SSSR count). The van der Waals surface area contributed by atoms with Gasteiger partial charge in [0.25, 0.3) is 11.8 Å². The minimum absolute atomic E-state index is 0.101. The number of rotatable bonds is 4. The highest BCUT2D eigenvalue weighted by Crippen LogP contribution is 2.28. The van der Waals surface area contributed by atoms with E-state index in [-0.39, 0.29) is 11.5 Å². The Morgan fingerprint density at radius 2 is 1.58 bits per heavy atom. The molecule has 0 atom stereocenters. The maximum Gasteiger partial charge on any atom is 0.282 e. The van der Waals surface area contributed by atoms with Crippen molar-refractivity contribution >= 4 is 46.1 Å². The van der Waals surface area contributed by atoms with Crippen LogP contribution >= 0.6 is 11.6 Å². The zero-order valence-corrected chi connectivity index (χ0v) is 17.2. The van der Waals surface area contributed by atoms with Crippen LogP contribution in [-0.4, -0.2) is 16.4 Å². The minimum atomic E-state index is -0.420. The molecule has 0 aliphatic carbocycles. The predicted molar refractivity (Wildman–Crippen MR) is 123 cm³/mol. The van der Waals surface area contributed by atoms with Crippen LogP contribution in [-0.2, 0) is 16.1 Å². The fourth-order valence-corrected chi connectivity index (χ4v) is 4.00. The number of hydrazine groups is 1. The van der Waals surface area contributed by atoms with Gasteiger partial charge in [-0.1, -0.05) is 66.2 Å². The summed E-state index contributed by atoms with van der Waals surface area (Å²) in [5.41, 5.74) is 6.16. The van der Waals surface area contributed by atoms with Crippen molar-refractivity contribution in [2.24, 2.45) is 0 Å². The third-order valence-corrected chi connectivity index (χ3v) is 5.69. The molecular weight excluding hydrogens is 410 g/mol. The predicted octanol–water partition coefficient (Wildman–Crippen LogP) is 4.80. The first kappa shape index (κ1) is 19.2. The molecule has 1 saturated heterocycles. The first-order chi connectivity index (χ1) is 15.1. The molecule has 0 unspecified atom stereocenters. The number of hydrogen-bond acceptors (Lipinski definition) is 2. The van der Waals surface area contributed by atoms with Gasteiger partial charge in [0.05, 0.1) is 5.69 Å². The average Bonchev–Trinajstić information content (AvgIpc) is 3.28. The van der Waals surface area contributed by atoms with E-state index in [0.717, 1.165) is 22.0 Å². The van der Waals surface area contributed by atoms with Crippen molar-refractivity contribution in [3.05, 3.63) is 107 Å². The molecular formula is C25H18ClN3O2. The Morgan fingerprint density at radius 3 is 2.39 bits per heavy atom. The van der Waals surface area contributed by atoms with E-state index in [2.05, 4.69) is 9.99 Å². The highest BCUT2D eigenvalue weighted by molar-refractivity contribution is 6.32. The number of aromatic nitrogens is 1. The van der Waals surface area contributed by atoms with Crippen molar-refractivity contribution in [1.29, 1.82) is 0 Å². The molecule has 0 saturated carbocycles. The van der Waals surface area contributed by atoms with Crippen molar-refractivity contribution in [1.82, 2.24) is 9.99 Å². The lowest BCUT2D eigenvalue weighted by atomic mass is 10.1. The van der Waals surface area contributed by atoms with E-state index in [1.165, 1.54) is 5.01 Å². The van der Waals surface area contributed by atoms with Gasteiger partial charge in [-0.2, -0.15) is 0 Å². The van der Waals surface area contributed by atoms with Crippen molar-refractivity contribution in [2.75, 3.05) is 5.01 Å². The second-order valence-electron chi connectivity index (χ2n) is 7.30. The largest absolute Gasteiger partial charge is 0.342 e. The Morgan fingerprint density at radius 1 is 0.871 bits per heavy atom. The number of fused-ring (bicyclic) bond motifs is 1. The SMILES string of the molecule is O=C1NN(c2ccccc2)C(=O)C1=Cc1cn(Cc2ccccc2Cl)c2ccccc12. The number of hydrogen-bond donors (Lipinski definition) is 1. The van der Waals surface area contributed by atoms with Crippen LogP contribution in [0.4, 0.5) is 5.69 Å². The summed E-state index contributed by atoms with van der Waals surface area (Å²) in [7, 11) is 0. The standard InChI is InChI=1S/C25H18ClN3O2/c26-22-12-6-4-8-17(22)15-28-16-18(20-11-5-7-13-23(20)28)14-21-24(30)27-29(25(21)31)19-9-2-1-3-10-19/h1-14,16H,15H2,(H,27,30). The van der Waals surface area contributed by atoms with E-state index in [9.17, 15) is 9.59 Å². The van der Waals surface area contributed by atoms with Crippen LogP contribution in [0.5, 0.6) is 0 Å². The molecule has 152 valence electrons. The summed E-state index contributed by atoms with van der Waals surface area (Å²) in [6, 6.07) is 24.7. The molecule has 1 N–H and O–H groups in total. The Kier molecular flexibility index (Phi) is 4.81. The molecule has 0 bridgehead atoms. The highest BCUT2D eigenvalue weighted by atomic mass is 35.5. The molecule has 1 aromatic heterocycles. The molecule has 4 aromatic rings. The number of amides is 2. The van der Waals surface area contributed by atoms with Gasteiger partial charge in [0, 0.05) is 34.2 Å². The lowest BCUT2D eigenvalue weighted by molar-refractivity contribution is -0.117. The first-order valence-corrected chi connectivity index (χ1v) is 10.2. The maximum absolute atomic E-state index is 12.9. The quantitative estimate of drug-likeness (QED) is 0.375. The third kappa shape index (κ3) is 3.49. The second-order valence-corrected chi connectivity index (χ2v) is 7.70. The van der Waals surface area contributed by atoms with E-state index in [0.29, 0.717) is 17.3 Å². The van der Waals surface area contributed by atoms with Gasteiger partial charge in [-0.15, -0.1) is 0 Å². The van der Waals surface area contributed by atoms with E-state index in [1.807, 2.05) is 72.9 Å². The second kappa shape index (κ2) is 7.78. The summed E-state index contributed by atoms with van der Waals surface area (Å²) in [5, 5.41) is 2.93. The normalized spacial score (nSPS) is 15.1. The number of nitrogens with one attached hydrogen (secondary N) is 1. The van der Waals surface area contributed by atoms with Crippen LogP contribution < -0.4 is 10.4 Å². The summed E-state index contributed by atoms with van der Waals surface area (Å²) < 4.78 is 2.08. The van der Waals surface area contributed by atoms with Gasteiger partial charge in [-0.3, -0.25) is 15.0 Å². The van der Waals surface area contributed by atoms with Gasteiger partial charge in [0.15, 0.2) is 0 Å². The van der Waals surface area contributed by atoms with Crippen molar-refractivity contribution < 1.29 is 9.59 Å². The lowest BCUT2D eigenvalue weighted by Gasteiger charge is -2.13. The van der Waals surface area contributed by atoms with Crippen molar-refractivity contribution in [3.8, 4) is 0 Å². The van der Waals surface area contributed by atoms with E-state index in [4.69, 9.17) is 11.6 Å². The van der Waals surface area contributed by atoms with Crippen LogP contribution in [0, 0.1) is 0 Å². The average molecular weight is 428 g/mol. The molecule has 2 amide bonds. The number of carbonyl (C=O) groups excluding carboxylic acids is 2. The summed E-state index contributed by atoms with van der Waals surface area (Å²) >= 11 is 6.35. The molecule has 1 aliphatic heterocycles. The summed E-state index contributed by atoms with van der Waals surface area (Å²) in [6.45, 7) is 0.583. The van der Waals surface area contributed by atoms with Crippen LogP contribution in [0.15, 0.2) is 90.6 Å². The fourth-order valence-electron chi connectivity index (χ4n) is 3.80. The molecule has 0 radical (unpaired) electrons. The van der Waals surface area contributed by atoms with Crippen molar-refractivity contribution in [3.63, 3.8) is 0 Å². The monoisotopic (exact) mass is 427 g/mol. The van der Waals surface area contributed by atoms with E-state index in [1.54, 1.807) is 18.2 Å². The van der Waals surface area contributed by atoms with Crippen molar-refractivity contribution in [2.45, 2.75) is 6.54 Å². The zero-order valence-electron chi connectivity index (χ0n) is 16.5. The molecule has 5 nitrogen and oxygen atoms in total. The van der Waals surface area contributed by atoms with Crippen LogP contribution in [0.1, 0.15) is 11.1 Å². The van der Waals surface area contributed by atoms with E-state index < -0.39 is 5.91 Å². The van der Waals surface area contributed by atoms with Crippen LogP contribution in [0.3, 0.4) is 0 Å². The van der Waals surface area contributed by atoms with Crippen LogP contribution in [0.2, 0.25) is 5.02 Å². The number of halogens is 1. The molecule has 0 spiro atoms. The topological polar surface area (TPSA) is 54.3 Å². The maximum atomic E-state index is 12.9. The molecule has 31 heavy (non-hydrogen) atoms. The van der Waals surface area contributed by atoms with Gasteiger partial charge in [-0.05, 0) is 35.9 Å². The molecule has 6 heteroatoms.